The Morgan fingerprint density at radius 1 is 1.15 bits per heavy atom. The third kappa shape index (κ3) is 2.22. The molecule has 0 bridgehead atoms. The lowest BCUT2D eigenvalue weighted by molar-refractivity contribution is 0.0730. The molecule has 1 aliphatic rings. The molecule has 0 spiro atoms. The fraction of sp³-hybridized carbons (Fsp3) is 0.278. The van der Waals surface area contributed by atoms with Gasteiger partial charge in [-0.05, 0) is 43.0 Å². The van der Waals surface area contributed by atoms with Crippen molar-refractivity contribution in [3.63, 3.8) is 0 Å². The van der Waals surface area contributed by atoms with E-state index in [2.05, 4.69) is 24.3 Å². The molecule has 0 radical (unpaired) electrons. The van der Waals surface area contributed by atoms with Gasteiger partial charge in [0.25, 0.3) is 5.91 Å². The summed E-state index contributed by atoms with van der Waals surface area (Å²) in [5.41, 5.74) is 4.57. The SMILES string of the molecule is Cc1cccc(C(=O)N(C)[C@@H]2CCc3ccccc32)c1. The van der Waals surface area contributed by atoms with E-state index in [1.807, 2.05) is 43.1 Å². The molecule has 1 amide bonds. The summed E-state index contributed by atoms with van der Waals surface area (Å²) in [6, 6.07) is 16.5. The highest BCUT2D eigenvalue weighted by atomic mass is 16.2. The molecule has 20 heavy (non-hydrogen) atoms. The third-order valence-electron chi connectivity index (χ3n) is 4.15. The maximum Gasteiger partial charge on any atom is 0.254 e. The van der Waals surface area contributed by atoms with E-state index in [0.717, 1.165) is 24.0 Å². The molecule has 0 heterocycles. The lowest BCUT2D eigenvalue weighted by atomic mass is 10.1. The molecule has 1 aliphatic carbocycles. The summed E-state index contributed by atoms with van der Waals surface area (Å²) < 4.78 is 0. The Balaban J connectivity index is 1.87. The molecule has 0 N–H and O–H groups in total. The Hall–Kier alpha value is -2.09. The van der Waals surface area contributed by atoms with Crippen LogP contribution in [0.4, 0.5) is 0 Å². The van der Waals surface area contributed by atoms with Crippen molar-refractivity contribution in [1.82, 2.24) is 4.90 Å². The van der Waals surface area contributed by atoms with Gasteiger partial charge in [0.2, 0.25) is 0 Å². The summed E-state index contributed by atoms with van der Waals surface area (Å²) in [7, 11) is 1.91. The predicted molar refractivity (Wildman–Crippen MR) is 80.8 cm³/mol. The number of aryl methyl sites for hydroxylation is 2. The number of benzene rings is 2. The van der Waals surface area contributed by atoms with Crippen LogP contribution in [0.1, 0.15) is 39.5 Å². The maximum absolute atomic E-state index is 12.6. The van der Waals surface area contributed by atoms with Crippen LogP contribution in [0.25, 0.3) is 0 Å². The van der Waals surface area contributed by atoms with Gasteiger partial charge in [-0.2, -0.15) is 0 Å². The number of fused-ring (bicyclic) bond motifs is 1. The first-order valence-electron chi connectivity index (χ1n) is 7.08. The van der Waals surface area contributed by atoms with Crippen LogP contribution >= 0.6 is 0 Å². The van der Waals surface area contributed by atoms with E-state index >= 15 is 0 Å². The summed E-state index contributed by atoms with van der Waals surface area (Å²) in [6.45, 7) is 2.02. The lowest BCUT2D eigenvalue weighted by Gasteiger charge is -2.25. The van der Waals surface area contributed by atoms with Crippen LogP contribution in [0.15, 0.2) is 48.5 Å². The van der Waals surface area contributed by atoms with Gasteiger partial charge in [-0.15, -0.1) is 0 Å². The fourth-order valence-corrected chi connectivity index (χ4v) is 3.06. The van der Waals surface area contributed by atoms with E-state index < -0.39 is 0 Å². The van der Waals surface area contributed by atoms with Gasteiger partial charge in [0.15, 0.2) is 0 Å². The van der Waals surface area contributed by atoms with Gasteiger partial charge < -0.3 is 4.90 Å². The van der Waals surface area contributed by atoms with Crippen molar-refractivity contribution in [2.45, 2.75) is 25.8 Å². The lowest BCUT2D eigenvalue weighted by Crippen LogP contribution is -2.30. The van der Waals surface area contributed by atoms with Gasteiger partial charge in [-0.1, -0.05) is 42.0 Å². The minimum absolute atomic E-state index is 0.107. The van der Waals surface area contributed by atoms with E-state index in [4.69, 9.17) is 0 Å². The van der Waals surface area contributed by atoms with Crippen LogP contribution in [0.5, 0.6) is 0 Å². The number of hydrogen-bond donors (Lipinski definition) is 0. The highest BCUT2D eigenvalue weighted by molar-refractivity contribution is 5.94. The summed E-state index contributed by atoms with van der Waals surface area (Å²) in [5.74, 6) is 0.107. The molecule has 0 saturated carbocycles. The molecule has 3 rings (SSSR count). The average Bonchev–Trinajstić information content (AvgIpc) is 2.89. The molecule has 0 aliphatic heterocycles. The van der Waals surface area contributed by atoms with Crippen LogP contribution in [0.3, 0.4) is 0 Å². The van der Waals surface area contributed by atoms with Crippen molar-refractivity contribution < 1.29 is 4.79 Å². The Morgan fingerprint density at radius 2 is 1.95 bits per heavy atom. The molecule has 1 atom stereocenters. The quantitative estimate of drug-likeness (QED) is 0.809. The Labute approximate surface area is 120 Å². The molecule has 2 nitrogen and oxygen atoms in total. The van der Waals surface area contributed by atoms with Crippen molar-refractivity contribution in [2.75, 3.05) is 7.05 Å². The molecule has 0 saturated heterocycles. The zero-order valence-corrected chi connectivity index (χ0v) is 12.0. The van der Waals surface area contributed by atoms with Gasteiger partial charge in [0.05, 0.1) is 6.04 Å². The number of carbonyl (C=O) groups is 1. The minimum Gasteiger partial charge on any atom is -0.335 e. The standard InChI is InChI=1S/C18H19NO/c1-13-6-5-8-15(12-13)18(20)19(2)17-11-10-14-7-3-4-9-16(14)17/h3-9,12,17H,10-11H2,1-2H3/t17-/m1/s1. The Kier molecular flexibility index (Phi) is 3.31. The molecule has 102 valence electrons. The number of nitrogens with zero attached hydrogens (tertiary/aromatic N) is 1. The zero-order chi connectivity index (χ0) is 14.1. The van der Waals surface area contributed by atoms with Crippen molar-refractivity contribution in [1.29, 1.82) is 0 Å². The predicted octanol–water partition coefficient (Wildman–Crippen LogP) is 3.75. The minimum atomic E-state index is 0.107. The van der Waals surface area contributed by atoms with Gasteiger partial charge >= 0.3 is 0 Å². The first kappa shape index (κ1) is 12.9. The van der Waals surface area contributed by atoms with Gasteiger partial charge in [0, 0.05) is 12.6 Å². The van der Waals surface area contributed by atoms with E-state index in [1.165, 1.54) is 11.1 Å². The van der Waals surface area contributed by atoms with Gasteiger partial charge in [-0.3, -0.25) is 4.79 Å². The van der Waals surface area contributed by atoms with Crippen LogP contribution in [-0.2, 0) is 6.42 Å². The molecular weight excluding hydrogens is 246 g/mol. The van der Waals surface area contributed by atoms with E-state index in [0.29, 0.717) is 0 Å². The highest BCUT2D eigenvalue weighted by Crippen LogP contribution is 2.35. The summed E-state index contributed by atoms with van der Waals surface area (Å²) >= 11 is 0. The third-order valence-corrected chi connectivity index (χ3v) is 4.15. The van der Waals surface area contributed by atoms with Crippen LogP contribution in [0.2, 0.25) is 0 Å². The zero-order valence-electron chi connectivity index (χ0n) is 12.0. The summed E-state index contributed by atoms with van der Waals surface area (Å²) in [6.07, 6.45) is 2.08. The summed E-state index contributed by atoms with van der Waals surface area (Å²) in [4.78, 5) is 14.5. The first-order valence-corrected chi connectivity index (χ1v) is 7.08. The number of amides is 1. The van der Waals surface area contributed by atoms with Crippen molar-refractivity contribution in [3.05, 3.63) is 70.8 Å². The number of carbonyl (C=O) groups excluding carboxylic acids is 1. The largest absolute Gasteiger partial charge is 0.335 e. The smallest absolute Gasteiger partial charge is 0.254 e. The number of rotatable bonds is 2. The second-order valence-electron chi connectivity index (χ2n) is 5.54. The topological polar surface area (TPSA) is 20.3 Å². The molecule has 0 aromatic heterocycles. The van der Waals surface area contributed by atoms with E-state index in [-0.39, 0.29) is 11.9 Å². The second kappa shape index (κ2) is 5.12. The molecule has 0 fully saturated rings. The van der Waals surface area contributed by atoms with Gasteiger partial charge in [0.1, 0.15) is 0 Å². The van der Waals surface area contributed by atoms with Gasteiger partial charge in [-0.25, -0.2) is 0 Å². The van der Waals surface area contributed by atoms with Crippen LogP contribution in [0, 0.1) is 6.92 Å². The van der Waals surface area contributed by atoms with Crippen molar-refractivity contribution in [3.8, 4) is 0 Å². The normalized spacial score (nSPS) is 16.8. The fourth-order valence-electron chi connectivity index (χ4n) is 3.06. The Bertz CT molecular complexity index is 647. The summed E-state index contributed by atoms with van der Waals surface area (Å²) in [5, 5.41) is 0. The monoisotopic (exact) mass is 265 g/mol. The second-order valence-corrected chi connectivity index (χ2v) is 5.54. The van der Waals surface area contributed by atoms with Crippen LogP contribution in [-0.4, -0.2) is 17.9 Å². The molecule has 0 unspecified atom stereocenters. The molecule has 2 heteroatoms. The molecular formula is C18H19NO. The molecule has 2 aromatic rings. The Morgan fingerprint density at radius 3 is 2.75 bits per heavy atom. The molecule has 2 aromatic carbocycles. The van der Waals surface area contributed by atoms with Crippen LogP contribution < -0.4 is 0 Å². The average molecular weight is 265 g/mol. The number of hydrogen-bond acceptors (Lipinski definition) is 1. The van der Waals surface area contributed by atoms with Crippen molar-refractivity contribution >= 4 is 5.91 Å². The van der Waals surface area contributed by atoms with E-state index in [9.17, 15) is 4.79 Å². The first-order chi connectivity index (χ1) is 9.66. The van der Waals surface area contributed by atoms with E-state index in [1.54, 1.807) is 0 Å². The van der Waals surface area contributed by atoms with Crippen molar-refractivity contribution in [2.24, 2.45) is 0 Å². The highest BCUT2D eigenvalue weighted by Gasteiger charge is 2.28. The maximum atomic E-state index is 12.6.